The number of nitrogens with zero attached hydrogens (tertiary/aromatic N) is 4. The fourth-order valence-corrected chi connectivity index (χ4v) is 4.00. The van der Waals surface area contributed by atoms with Gasteiger partial charge < -0.3 is 5.32 Å². The van der Waals surface area contributed by atoms with Crippen molar-refractivity contribution in [3.05, 3.63) is 47.3 Å². The molecular weight excluding hydrogens is 350 g/mol. The SMILES string of the molecule is Cc1nn(C)c(C)c1NC(=O)C(C)N1CCN(Cc2ccccc2)C(C)(C)C1. The van der Waals surface area contributed by atoms with E-state index in [-0.39, 0.29) is 17.5 Å². The normalized spacial score (nSPS) is 18.8. The number of aromatic nitrogens is 2. The molecule has 2 heterocycles. The number of amides is 1. The van der Waals surface area contributed by atoms with Gasteiger partial charge in [0.1, 0.15) is 0 Å². The number of aryl methyl sites for hydroxylation is 2. The third-order valence-corrected chi connectivity index (χ3v) is 6.00. The fourth-order valence-electron chi connectivity index (χ4n) is 4.00. The molecule has 1 N–H and O–H groups in total. The van der Waals surface area contributed by atoms with E-state index < -0.39 is 0 Å². The summed E-state index contributed by atoms with van der Waals surface area (Å²) in [6, 6.07) is 10.4. The van der Waals surface area contributed by atoms with Crippen LogP contribution in [-0.4, -0.2) is 56.7 Å². The van der Waals surface area contributed by atoms with Crippen LogP contribution in [0.15, 0.2) is 30.3 Å². The van der Waals surface area contributed by atoms with Gasteiger partial charge in [-0.2, -0.15) is 5.10 Å². The van der Waals surface area contributed by atoms with Gasteiger partial charge >= 0.3 is 0 Å². The minimum atomic E-state index is -0.183. The van der Waals surface area contributed by atoms with E-state index in [0.29, 0.717) is 0 Å². The van der Waals surface area contributed by atoms with Crippen LogP contribution in [-0.2, 0) is 18.4 Å². The molecule has 1 atom stereocenters. The average Bonchev–Trinajstić information content (AvgIpc) is 2.89. The highest BCUT2D eigenvalue weighted by Gasteiger charge is 2.37. The summed E-state index contributed by atoms with van der Waals surface area (Å²) >= 11 is 0. The molecule has 1 aromatic carbocycles. The van der Waals surface area contributed by atoms with Crippen LogP contribution in [0.3, 0.4) is 0 Å². The summed E-state index contributed by atoms with van der Waals surface area (Å²) < 4.78 is 1.81. The Morgan fingerprint density at radius 2 is 1.89 bits per heavy atom. The summed E-state index contributed by atoms with van der Waals surface area (Å²) in [5, 5.41) is 7.49. The molecule has 6 heteroatoms. The second-order valence-electron chi connectivity index (χ2n) is 8.52. The fraction of sp³-hybridized carbons (Fsp3) is 0.545. The van der Waals surface area contributed by atoms with Crippen LogP contribution in [0, 0.1) is 13.8 Å². The smallest absolute Gasteiger partial charge is 0.241 e. The number of rotatable bonds is 5. The number of carbonyl (C=O) groups is 1. The lowest BCUT2D eigenvalue weighted by atomic mass is 9.96. The zero-order valence-corrected chi connectivity index (χ0v) is 18.0. The molecule has 28 heavy (non-hydrogen) atoms. The molecule has 0 spiro atoms. The maximum absolute atomic E-state index is 12.9. The summed E-state index contributed by atoms with van der Waals surface area (Å²) in [4.78, 5) is 17.7. The Morgan fingerprint density at radius 1 is 1.21 bits per heavy atom. The number of nitrogens with one attached hydrogen (secondary N) is 1. The standard InChI is InChI=1S/C22H33N5O/c1-16-20(17(2)25(6)24-16)23-21(28)18(3)26-12-13-27(22(4,5)15-26)14-19-10-8-7-9-11-19/h7-11,18H,12-15H2,1-6H3,(H,23,28). The molecule has 0 bridgehead atoms. The highest BCUT2D eigenvalue weighted by Crippen LogP contribution is 2.25. The Labute approximate surface area is 168 Å². The minimum Gasteiger partial charge on any atom is -0.322 e. The topological polar surface area (TPSA) is 53.4 Å². The Morgan fingerprint density at radius 3 is 2.46 bits per heavy atom. The summed E-state index contributed by atoms with van der Waals surface area (Å²) in [5.41, 5.74) is 4.00. The van der Waals surface area contributed by atoms with E-state index in [0.717, 1.165) is 43.3 Å². The highest BCUT2D eigenvalue weighted by atomic mass is 16.2. The molecular formula is C22H33N5O. The van der Waals surface area contributed by atoms with Crippen LogP contribution >= 0.6 is 0 Å². The number of hydrogen-bond donors (Lipinski definition) is 1. The lowest BCUT2D eigenvalue weighted by Crippen LogP contribution is -2.61. The summed E-state index contributed by atoms with van der Waals surface area (Å²) in [6.07, 6.45) is 0. The van der Waals surface area contributed by atoms with Gasteiger partial charge in [-0.1, -0.05) is 30.3 Å². The predicted octanol–water partition coefficient (Wildman–Crippen LogP) is 2.96. The Bertz CT molecular complexity index is 827. The van der Waals surface area contributed by atoms with Gasteiger partial charge in [-0.05, 0) is 40.2 Å². The third kappa shape index (κ3) is 4.28. The largest absolute Gasteiger partial charge is 0.322 e. The van der Waals surface area contributed by atoms with E-state index in [1.165, 1.54) is 5.56 Å². The molecule has 3 rings (SSSR count). The van der Waals surface area contributed by atoms with Crippen LogP contribution < -0.4 is 5.32 Å². The molecule has 1 aromatic heterocycles. The molecule has 1 fully saturated rings. The lowest BCUT2D eigenvalue weighted by Gasteiger charge is -2.48. The zero-order valence-electron chi connectivity index (χ0n) is 18.0. The van der Waals surface area contributed by atoms with Crippen molar-refractivity contribution in [1.82, 2.24) is 19.6 Å². The monoisotopic (exact) mass is 383 g/mol. The molecule has 6 nitrogen and oxygen atoms in total. The Hall–Kier alpha value is -2.18. The first kappa shape index (κ1) is 20.6. The van der Waals surface area contributed by atoms with Gasteiger partial charge in [0.15, 0.2) is 0 Å². The van der Waals surface area contributed by atoms with Crippen LogP contribution in [0.2, 0.25) is 0 Å². The van der Waals surface area contributed by atoms with E-state index >= 15 is 0 Å². The van der Waals surface area contributed by atoms with Crippen LogP contribution in [0.1, 0.15) is 37.7 Å². The van der Waals surface area contributed by atoms with Gasteiger partial charge in [0.05, 0.1) is 23.1 Å². The van der Waals surface area contributed by atoms with E-state index in [1.54, 1.807) is 4.68 Å². The predicted molar refractivity (Wildman–Crippen MR) is 113 cm³/mol. The molecule has 0 radical (unpaired) electrons. The number of hydrogen-bond acceptors (Lipinski definition) is 4. The Balaban J connectivity index is 1.64. The molecule has 0 aliphatic carbocycles. The van der Waals surface area contributed by atoms with Crippen LogP contribution in [0.4, 0.5) is 5.69 Å². The average molecular weight is 384 g/mol. The highest BCUT2D eigenvalue weighted by molar-refractivity contribution is 5.95. The molecule has 152 valence electrons. The van der Waals surface area contributed by atoms with E-state index in [1.807, 2.05) is 27.8 Å². The molecule has 1 amide bonds. The second-order valence-corrected chi connectivity index (χ2v) is 8.52. The molecule has 2 aromatic rings. The zero-order chi connectivity index (χ0) is 20.5. The van der Waals surface area contributed by atoms with Crippen molar-refractivity contribution >= 4 is 11.6 Å². The van der Waals surface area contributed by atoms with Crippen molar-refractivity contribution in [2.45, 2.75) is 52.7 Å². The van der Waals surface area contributed by atoms with Crippen molar-refractivity contribution in [3.8, 4) is 0 Å². The molecule has 1 unspecified atom stereocenters. The van der Waals surface area contributed by atoms with Gasteiger partial charge in [0, 0.05) is 38.8 Å². The van der Waals surface area contributed by atoms with Crippen molar-refractivity contribution in [2.24, 2.45) is 7.05 Å². The number of anilines is 1. The van der Waals surface area contributed by atoms with Gasteiger partial charge in [0.2, 0.25) is 5.91 Å². The lowest BCUT2D eigenvalue weighted by molar-refractivity contribution is -0.122. The van der Waals surface area contributed by atoms with Crippen molar-refractivity contribution in [2.75, 3.05) is 25.0 Å². The first-order chi connectivity index (χ1) is 13.2. The van der Waals surface area contributed by atoms with E-state index in [4.69, 9.17) is 0 Å². The molecule has 1 aliphatic rings. The number of piperazine rings is 1. The molecule has 0 saturated carbocycles. The van der Waals surface area contributed by atoms with Crippen molar-refractivity contribution in [1.29, 1.82) is 0 Å². The van der Waals surface area contributed by atoms with E-state index in [9.17, 15) is 4.79 Å². The maximum atomic E-state index is 12.9. The van der Waals surface area contributed by atoms with Gasteiger partial charge in [-0.25, -0.2) is 0 Å². The third-order valence-electron chi connectivity index (χ3n) is 6.00. The molecule has 1 saturated heterocycles. The first-order valence-electron chi connectivity index (χ1n) is 10.0. The van der Waals surface area contributed by atoms with Crippen molar-refractivity contribution < 1.29 is 4.79 Å². The van der Waals surface area contributed by atoms with Gasteiger partial charge in [-0.3, -0.25) is 19.3 Å². The summed E-state index contributed by atoms with van der Waals surface area (Å²) in [6.45, 7) is 14.1. The second kappa shape index (κ2) is 8.05. The van der Waals surface area contributed by atoms with Crippen LogP contribution in [0.5, 0.6) is 0 Å². The summed E-state index contributed by atoms with van der Waals surface area (Å²) in [7, 11) is 1.90. The van der Waals surface area contributed by atoms with Gasteiger partial charge in [-0.15, -0.1) is 0 Å². The van der Waals surface area contributed by atoms with Gasteiger partial charge in [0.25, 0.3) is 0 Å². The van der Waals surface area contributed by atoms with E-state index in [2.05, 4.69) is 64.4 Å². The minimum absolute atomic E-state index is 0.00275. The van der Waals surface area contributed by atoms with Crippen molar-refractivity contribution in [3.63, 3.8) is 0 Å². The summed E-state index contributed by atoms with van der Waals surface area (Å²) in [5.74, 6) is 0.0338. The Kier molecular flexibility index (Phi) is 5.91. The number of carbonyl (C=O) groups excluding carboxylic acids is 1. The quantitative estimate of drug-likeness (QED) is 0.862. The first-order valence-corrected chi connectivity index (χ1v) is 10.0. The number of benzene rings is 1. The van der Waals surface area contributed by atoms with Crippen LogP contribution in [0.25, 0.3) is 0 Å². The molecule has 1 aliphatic heterocycles. The maximum Gasteiger partial charge on any atom is 0.241 e.